The number of hydrogen-bond acceptors (Lipinski definition) is 3. The molecule has 1 fully saturated rings. The molecule has 3 rings (SSSR count). The molecular formula is C20H30N6. The number of rotatable bonds is 7. The Labute approximate surface area is 156 Å². The number of aryl methyl sites for hydroxylation is 1. The second kappa shape index (κ2) is 9.38. The van der Waals surface area contributed by atoms with Gasteiger partial charge in [-0.1, -0.05) is 30.3 Å². The van der Waals surface area contributed by atoms with Crippen LogP contribution in [0.1, 0.15) is 30.0 Å². The van der Waals surface area contributed by atoms with E-state index in [-0.39, 0.29) is 0 Å². The first-order valence-electron chi connectivity index (χ1n) is 9.47. The van der Waals surface area contributed by atoms with Crippen LogP contribution in [0.25, 0.3) is 0 Å². The maximum Gasteiger partial charge on any atom is 0.191 e. The van der Waals surface area contributed by atoms with E-state index in [0.29, 0.717) is 6.04 Å². The van der Waals surface area contributed by atoms with Crippen molar-refractivity contribution in [2.45, 2.75) is 25.3 Å². The number of hydrogen-bond donors (Lipinski definition) is 2. The molecule has 0 aliphatic carbocycles. The molecule has 1 atom stereocenters. The maximum absolute atomic E-state index is 4.37. The highest BCUT2D eigenvalue weighted by Crippen LogP contribution is 2.24. The van der Waals surface area contributed by atoms with Crippen molar-refractivity contribution in [2.24, 2.45) is 12.0 Å². The van der Waals surface area contributed by atoms with E-state index in [2.05, 4.69) is 62.2 Å². The third kappa shape index (κ3) is 5.08. The smallest absolute Gasteiger partial charge is 0.191 e. The van der Waals surface area contributed by atoms with Gasteiger partial charge in [0.15, 0.2) is 5.96 Å². The molecule has 6 nitrogen and oxygen atoms in total. The second-order valence-corrected chi connectivity index (χ2v) is 6.82. The van der Waals surface area contributed by atoms with E-state index in [4.69, 9.17) is 0 Å². The molecular weight excluding hydrogens is 324 g/mol. The summed E-state index contributed by atoms with van der Waals surface area (Å²) < 4.78 is 1.84. The Kier molecular flexibility index (Phi) is 6.66. The lowest BCUT2D eigenvalue weighted by atomic mass is 10.1. The minimum Gasteiger partial charge on any atom is -0.356 e. The number of nitrogens with one attached hydrogen (secondary N) is 2. The molecule has 0 saturated carbocycles. The summed E-state index contributed by atoms with van der Waals surface area (Å²) in [6.45, 7) is 4.05. The fourth-order valence-corrected chi connectivity index (χ4v) is 3.53. The van der Waals surface area contributed by atoms with Gasteiger partial charge in [0.25, 0.3) is 0 Å². The fourth-order valence-electron chi connectivity index (χ4n) is 3.53. The third-order valence-corrected chi connectivity index (χ3v) is 4.92. The minimum atomic E-state index is 0.385. The Bertz CT molecular complexity index is 687. The second-order valence-electron chi connectivity index (χ2n) is 6.82. The van der Waals surface area contributed by atoms with E-state index in [1.807, 2.05) is 25.0 Å². The number of aliphatic imine (C=N–C) groups is 1. The molecule has 1 aromatic carbocycles. The van der Waals surface area contributed by atoms with E-state index in [1.54, 1.807) is 0 Å². The highest BCUT2D eigenvalue weighted by atomic mass is 15.2. The van der Waals surface area contributed by atoms with Crippen molar-refractivity contribution in [1.82, 2.24) is 25.3 Å². The summed E-state index contributed by atoms with van der Waals surface area (Å²) >= 11 is 0. The molecule has 0 amide bonds. The Morgan fingerprint density at radius 3 is 2.62 bits per heavy atom. The molecule has 1 saturated heterocycles. The van der Waals surface area contributed by atoms with Crippen molar-refractivity contribution >= 4 is 5.96 Å². The van der Waals surface area contributed by atoms with Crippen LogP contribution in [0, 0.1) is 0 Å². The molecule has 140 valence electrons. The summed E-state index contributed by atoms with van der Waals surface area (Å²) in [5.74, 6) is 0.856. The van der Waals surface area contributed by atoms with Gasteiger partial charge in [-0.3, -0.25) is 14.6 Å². The van der Waals surface area contributed by atoms with Gasteiger partial charge in [0.2, 0.25) is 0 Å². The van der Waals surface area contributed by atoms with Crippen molar-refractivity contribution in [3.63, 3.8) is 0 Å². The number of likely N-dealkylation sites (tertiary alicyclic amines) is 1. The Balaban J connectivity index is 1.53. The van der Waals surface area contributed by atoms with Crippen LogP contribution in [0.2, 0.25) is 0 Å². The first-order valence-corrected chi connectivity index (χ1v) is 9.47. The molecule has 2 aromatic rings. The average Bonchev–Trinajstić information content (AvgIpc) is 3.33. The molecule has 1 aromatic heterocycles. The summed E-state index contributed by atoms with van der Waals surface area (Å²) in [6.07, 6.45) is 7.49. The summed E-state index contributed by atoms with van der Waals surface area (Å²) in [5, 5.41) is 11.1. The van der Waals surface area contributed by atoms with Gasteiger partial charge < -0.3 is 10.6 Å². The first kappa shape index (κ1) is 18.5. The number of benzene rings is 1. The van der Waals surface area contributed by atoms with Gasteiger partial charge >= 0.3 is 0 Å². The lowest BCUT2D eigenvalue weighted by Crippen LogP contribution is -2.43. The zero-order chi connectivity index (χ0) is 18.2. The molecule has 1 aliphatic rings. The van der Waals surface area contributed by atoms with Crippen molar-refractivity contribution in [2.75, 3.05) is 33.2 Å². The van der Waals surface area contributed by atoms with Gasteiger partial charge in [0, 0.05) is 33.4 Å². The largest absolute Gasteiger partial charge is 0.356 e. The van der Waals surface area contributed by atoms with E-state index >= 15 is 0 Å². The van der Waals surface area contributed by atoms with Crippen LogP contribution >= 0.6 is 0 Å². The molecule has 1 aliphatic heterocycles. The van der Waals surface area contributed by atoms with E-state index in [0.717, 1.165) is 25.5 Å². The SMILES string of the molecule is CN=C(NCCc1cnn(C)c1)NCC(c1ccccc1)N1CCCC1. The van der Waals surface area contributed by atoms with E-state index in [1.165, 1.54) is 37.1 Å². The first-order chi connectivity index (χ1) is 12.8. The Morgan fingerprint density at radius 1 is 1.19 bits per heavy atom. The lowest BCUT2D eigenvalue weighted by molar-refractivity contribution is 0.245. The molecule has 6 heteroatoms. The third-order valence-electron chi connectivity index (χ3n) is 4.92. The normalized spacial score (nSPS) is 16.6. The van der Waals surface area contributed by atoms with Crippen molar-refractivity contribution in [3.05, 3.63) is 53.9 Å². The van der Waals surface area contributed by atoms with E-state index < -0.39 is 0 Å². The highest BCUT2D eigenvalue weighted by molar-refractivity contribution is 5.79. The van der Waals surface area contributed by atoms with Crippen LogP contribution in [0.3, 0.4) is 0 Å². The van der Waals surface area contributed by atoms with Crippen LogP contribution in [0.15, 0.2) is 47.7 Å². The van der Waals surface area contributed by atoms with Crippen LogP contribution in [0.4, 0.5) is 0 Å². The summed E-state index contributed by atoms with van der Waals surface area (Å²) in [4.78, 5) is 6.95. The van der Waals surface area contributed by atoms with Gasteiger partial charge in [-0.15, -0.1) is 0 Å². The fraction of sp³-hybridized carbons (Fsp3) is 0.500. The number of nitrogens with zero attached hydrogens (tertiary/aromatic N) is 4. The summed E-state index contributed by atoms with van der Waals surface area (Å²) in [5.41, 5.74) is 2.60. The Morgan fingerprint density at radius 2 is 1.96 bits per heavy atom. The average molecular weight is 355 g/mol. The molecule has 26 heavy (non-hydrogen) atoms. The van der Waals surface area contributed by atoms with Gasteiger partial charge in [-0.25, -0.2) is 0 Å². The van der Waals surface area contributed by atoms with Crippen molar-refractivity contribution < 1.29 is 0 Å². The number of aromatic nitrogens is 2. The molecule has 0 radical (unpaired) electrons. The lowest BCUT2D eigenvalue weighted by Gasteiger charge is -2.29. The van der Waals surface area contributed by atoms with E-state index in [9.17, 15) is 0 Å². The predicted octanol–water partition coefficient (Wildman–Crippen LogP) is 1.96. The molecule has 2 heterocycles. The molecule has 2 N–H and O–H groups in total. The number of guanidine groups is 1. The van der Waals surface area contributed by atoms with Crippen molar-refractivity contribution in [3.8, 4) is 0 Å². The van der Waals surface area contributed by atoms with Crippen LogP contribution < -0.4 is 10.6 Å². The van der Waals surface area contributed by atoms with Crippen molar-refractivity contribution in [1.29, 1.82) is 0 Å². The zero-order valence-corrected chi connectivity index (χ0v) is 15.9. The van der Waals surface area contributed by atoms with Crippen LogP contribution in [0.5, 0.6) is 0 Å². The minimum absolute atomic E-state index is 0.385. The molecule has 0 bridgehead atoms. The predicted molar refractivity (Wildman–Crippen MR) is 106 cm³/mol. The van der Waals surface area contributed by atoms with Gasteiger partial charge in [0.1, 0.15) is 0 Å². The molecule has 0 spiro atoms. The van der Waals surface area contributed by atoms with Gasteiger partial charge in [0.05, 0.1) is 12.2 Å². The Hall–Kier alpha value is -2.34. The zero-order valence-electron chi connectivity index (χ0n) is 15.9. The quantitative estimate of drug-likeness (QED) is 0.590. The van der Waals surface area contributed by atoms with Crippen LogP contribution in [-0.2, 0) is 13.5 Å². The standard InChI is InChI=1S/C20H30N6/c1-21-20(22-11-10-17-14-24-25(2)16-17)23-15-19(26-12-6-7-13-26)18-8-4-3-5-9-18/h3-5,8-9,14,16,19H,6-7,10-13,15H2,1-2H3,(H2,21,22,23). The van der Waals surface area contributed by atoms with Crippen LogP contribution in [-0.4, -0.2) is 53.9 Å². The van der Waals surface area contributed by atoms with Gasteiger partial charge in [-0.05, 0) is 43.5 Å². The van der Waals surface area contributed by atoms with Gasteiger partial charge in [-0.2, -0.15) is 5.10 Å². The maximum atomic E-state index is 4.37. The highest BCUT2D eigenvalue weighted by Gasteiger charge is 2.23. The monoisotopic (exact) mass is 354 g/mol. The molecule has 1 unspecified atom stereocenters. The summed E-state index contributed by atoms with van der Waals surface area (Å²) in [6, 6.07) is 11.2. The topological polar surface area (TPSA) is 57.5 Å². The summed E-state index contributed by atoms with van der Waals surface area (Å²) in [7, 11) is 3.77.